The van der Waals surface area contributed by atoms with Gasteiger partial charge in [0.25, 0.3) is 5.91 Å². The van der Waals surface area contributed by atoms with Crippen LogP contribution in [-0.2, 0) is 30.6 Å². The number of nitrogens with two attached hydrogens (primary N) is 1. The number of carbonyl (C=O) groups is 2. The molecule has 0 fully saturated rings. The molecular formula is C21H25N5O2S3. The molecule has 31 heavy (non-hydrogen) atoms. The fourth-order valence-electron chi connectivity index (χ4n) is 3.84. The van der Waals surface area contributed by atoms with E-state index in [1.807, 2.05) is 22.9 Å². The van der Waals surface area contributed by atoms with Crippen LogP contribution in [-0.4, -0.2) is 32.3 Å². The van der Waals surface area contributed by atoms with Gasteiger partial charge in [0.15, 0.2) is 5.16 Å². The number of rotatable bonds is 8. The van der Waals surface area contributed by atoms with E-state index in [0.29, 0.717) is 16.5 Å². The number of nitrogens with zero attached hydrogens (tertiary/aromatic N) is 3. The van der Waals surface area contributed by atoms with Crippen LogP contribution in [0.3, 0.4) is 0 Å². The predicted octanol–water partition coefficient (Wildman–Crippen LogP) is 3.97. The Kier molecular flexibility index (Phi) is 6.78. The Morgan fingerprint density at radius 2 is 2.23 bits per heavy atom. The molecule has 0 aliphatic heterocycles. The first-order chi connectivity index (χ1) is 15.0. The monoisotopic (exact) mass is 475 g/mol. The van der Waals surface area contributed by atoms with Crippen molar-refractivity contribution in [2.75, 3.05) is 11.1 Å². The highest BCUT2D eigenvalue weighted by Crippen LogP contribution is 2.39. The summed E-state index contributed by atoms with van der Waals surface area (Å²) in [7, 11) is 0. The van der Waals surface area contributed by atoms with Gasteiger partial charge >= 0.3 is 0 Å². The molecule has 0 saturated carbocycles. The lowest BCUT2D eigenvalue weighted by Crippen LogP contribution is -2.20. The number of hydrogen-bond acceptors (Lipinski definition) is 7. The molecule has 2 amide bonds. The van der Waals surface area contributed by atoms with Crippen LogP contribution < -0.4 is 11.1 Å². The van der Waals surface area contributed by atoms with Crippen LogP contribution in [0.1, 0.15) is 51.8 Å². The molecule has 0 spiro atoms. The molecule has 3 aromatic rings. The van der Waals surface area contributed by atoms with Gasteiger partial charge < -0.3 is 15.6 Å². The third kappa shape index (κ3) is 4.86. The number of aromatic nitrogens is 3. The van der Waals surface area contributed by atoms with Gasteiger partial charge in [0.2, 0.25) is 5.91 Å². The van der Waals surface area contributed by atoms with Gasteiger partial charge in [-0.25, -0.2) is 0 Å². The summed E-state index contributed by atoms with van der Waals surface area (Å²) in [6, 6.07) is 4.10. The lowest BCUT2D eigenvalue weighted by atomic mass is 9.88. The van der Waals surface area contributed by atoms with E-state index in [-0.39, 0.29) is 11.7 Å². The van der Waals surface area contributed by atoms with Gasteiger partial charge in [-0.05, 0) is 49.1 Å². The molecule has 0 aromatic carbocycles. The maximum Gasteiger partial charge on any atom is 0.251 e. The molecule has 4 rings (SSSR count). The predicted molar refractivity (Wildman–Crippen MR) is 126 cm³/mol. The highest BCUT2D eigenvalue weighted by molar-refractivity contribution is 7.99. The van der Waals surface area contributed by atoms with E-state index in [9.17, 15) is 9.59 Å². The number of fused-ring (bicyclic) bond motifs is 1. The zero-order valence-corrected chi connectivity index (χ0v) is 20.0. The highest BCUT2D eigenvalue weighted by Gasteiger charge is 2.27. The van der Waals surface area contributed by atoms with Crippen molar-refractivity contribution in [3.63, 3.8) is 0 Å². The summed E-state index contributed by atoms with van der Waals surface area (Å²) >= 11 is 4.53. The van der Waals surface area contributed by atoms with Crippen LogP contribution in [0, 0.1) is 5.92 Å². The second-order valence-electron chi connectivity index (χ2n) is 7.66. The van der Waals surface area contributed by atoms with Gasteiger partial charge in [0.1, 0.15) is 10.8 Å². The Hall–Kier alpha value is -2.17. The summed E-state index contributed by atoms with van der Waals surface area (Å²) in [5.74, 6) is 1.01. The summed E-state index contributed by atoms with van der Waals surface area (Å²) < 4.78 is 2.04. The van der Waals surface area contributed by atoms with Crippen molar-refractivity contribution >= 4 is 51.3 Å². The smallest absolute Gasteiger partial charge is 0.251 e. The number of anilines is 1. The second kappa shape index (κ2) is 9.54. The molecule has 3 heterocycles. The molecular weight excluding hydrogens is 450 g/mol. The molecule has 1 unspecified atom stereocenters. The number of carbonyl (C=O) groups excluding carboxylic acids is 2. The number of nitrogens with one attached hydrogen (secondary N) is 1. The van der Waals surface area contributed by atoms with Gasteiger partial charge in [0.05, 0.1) is 11.3 Å². The Morgan fingerprint density at radius 1 is 1.39 bits per heavy atom. The summed E-state index contributed by atoms with van der Waals surface area (Å²) in [6.07, 6.45) is 3.53. The molecule has 0 radical (unpaired) electrons. The standard InChI is InChI=1S/C21H25N5O2S3/c1-3-26-16(10-13-5-4-8-29-13)24-25-21(26)30-11-17(27)23-20-18(19(22)28)14-7-6-12(2)9-15(14)31-20/h4-5,8,12H,3,6-7,9-11H2,1-2H3,(H2,22,28)(H,23,27). The van der Waals surface area contributed by atoms with Crippen molar-refractivity contribution in [2.45, 2.75) is 51.2 Å². The maximum absolute atomic E-state index is 12.7. The molecule has 164 valence electrons. The SMILES string of the molecule is CCn1c(Cc2cccs2)nnc1SCC(=O)Nc1sc2c(c1C(N)=O)CCC(C)C2. The molecule has 1 atom stereocenters. The summed E-state index contributed by atoms with van der Waals surface area (Å²) in [5.41, 5.74) is 7.15. The maximum atomic E-state index is 12.7. The molecule has 3 aromatic heterocycles. The van der Waals surface area contributed by atoms with Crippen LogP contribution in [0.25, 0.3) is 0 Å². The number of thiophene rings is 2. The molecule has 0 saturated heterocycles. The van der Waals surface area contributed by atoms with Crippen molar-refractivity contribution in [2.24, 2.45) is 11.7 Å². The number of hydrogen-bond donors (Lipinski definition) is 2. The minimum atomic E-state index is -0.473. The number of amides is 2. The largest absolute Gasteiger partial charge is 0.365 e. The van der Waals surface area contributed by atoms with E-state index in [4.69, 9.17) is 5.73 Å². The van der Waals surface area contributed by atoms with E-state index in [1.54, 1.807) is 11.3 Å². The Labute approximate surface area is 193 Å². The van der Waals surface area contributed by atoms with Crippen molar-refractivity contribution in [1.82, 2.24) is 14.8 Å². The van der Waals surface area contributed by atoms with Crippen molar-refractivity contribution in [1.29, 1.82) is 0 Å². The fourth-order valence-corrected chi connectivity index (χ4v) is 6.79. The summed E-state index contributed by atoms with van der Waals surface area (Å²) in [6.45, 7) is 4.99. The van der Waals surface area contributed by atoms with Crippen LogP contribution in [0.4, 0.5) is 5.00 Å². The lowest BCUT2D eigenvalue weighted by molar-refractivity contribution is -0.113. The quantitative estimate of drug-likeness (QED) is 0.480. The summed E-state index contributed by atoms with van der Waals surface area (Å²) in [5, 5.41) is 14.9. The Balaban J connectivity index is 1.43. The lowest BCUT2D eigenvalue weighted by Gasteiger charge is -2.18. The Morgan fingerprint density at radius 3 is 2.94 bits per heavy atom. The van der Waals surface area contributed by atoms with E-state index in [1.165, 1.54) is 32.9 Å². The van der Waals surface area contributed by atoms with E-state index >= 15 is 0 Å². The van der Waals surface area contributed by atoms with Crippen LogP contribution in [0.5, 0.6) is 0 Å². The minimum absolute atomic E-state index is 0.176. The van der Waals surface area contributed by atoms with Gasteiger partial charge in [0, 0.05) is 22.7 Å². The highest BCUT2D eigenvalue weighted by atomic mass is 32.2. The first-order valence-corrected chi connectivity index (χ1v) is 13.0. The Bertz CT molecular complexity index is 1090. The topological polar surface area (TPSA) is 103 Å². The molecule has 1 aliphatic carbocycles. The minimum Gasteiger partial charge on any atom is -0.365 e. The normalized spacial score (nSPS) is 15.6. The molecule has 10 heteroatoms. The molecule has 7 nitrogen and oxygen atoms in total. The third-order valence-corrected chi connectivity index (χ3v) is 8.38. The first-order valence-electron chi connectivity index (χ1n) is 10.3. The van der Waals surface area contributed by atoms with Gasteiger partial charge in [-0.2, -0.15) is 0 Å². The zero-order valence-electron chi connectivity index (χ0n) is 17.5. The van der Waals surface area contributed by atoms with Gasteiger partial charge in [-0.1, -0.05) is 24.8 Å². The van der Waals surface area contributed by atoms with Crippen molar-refractivity contribution < 1.29 is 9.59 Å². The average Bonchev–Trinajstić information content (AvgIpc) is 3.44. The molecule has 3 N–H and O–H groups in total. The fraction of sp³-hybridized carbons (Fsp3) is 0.429. The van der Waals surface area contributed by atoms with Crippen LogP contribution in [0.15, 0.2) is 22.7 Å². The van der Waals surface area contributed by atoms with Crippen LogP contribution in [0.2, 0.25) is 0 Å². The van der Waals surface area contributed by atoms with Gasteiger partial charge in [-0.3, -0.25) is 9.59 Å². The zero-order chi connectivity index (χ0) is 22.0. The van der Waals surface area contributed by atoms with Crippen LogP contribution >= 0.6 is 34.4 Å². The van der Waals surface area contributed by atoms with E-state index in [0.717, 1.165) is 48.8 Å². The summed E-state index contributed by atoms with van der Waals surface area (Å²) in [4.78, 5) is 27.1. The molecule has 1 aliphatic rings. The molecule has 0 bridgehead atoms. The van der Waals surface area contributed by atoms with E-state index < -0.39 is 5.91 Å². The third-order valence-electron chi connectivity index (χ3n) is 5.37. The number of primary amides is 1. The van der Waals surface area contributed by atoms with E-state index in [2.05, 4.69) is 28.5 Å². The first kappa shape index (κ1) is 22.0. The van der Waals surface area contributed by atoms with Crippen molar-refractivity contribution in [3.05, 3.63) is 44.2 Å². The average molecular weight is 476 g/mol. The second-order valence-corrected chi connectivity index (χ2v) is 10.7. The number of thioether (sulfide) groups is 1. The van der Waals surface area contributed by atoms with Gasteiger partial charge in [-0.15, -0.1) is 32.9 Å². The van der Waals surface area contributed by atoms with Crippen molar-refractivity contribution in [3.8, 4) is 0 Å².